The Hall–Kier alpha value is -1.36. The van der Waals surface area contributed by atoms with Gasteiger partial charge >= 0.3 is 0 Å². The molecule has 0 aliphatic rings. The molecule has 0 bridgehead atoms. The molecule has 0 aromatic carbocycles. The molecule has 1 heterocycles. The molecule has 0 aliphatic heterocycles. The van der Waals surface area contributed by atoms with Gasteiger partial charge in [0, 0.05) is 5.54 Å². The molecule has 1 atom stereocenters. The van der Waals surface area contributed by atoms with Crippen LogP contribution >= 0.6 is 0 Å². The van der Waals surface area contributed by atoms with Gasteiger partial charge in [0.15, 0.2) is 0 Å². The molecule has 1 rings (SSSR count). The lowest BCUT2D eigenvalue weighted by Crippen LogP contribution is -2.36. The standard InChI is InChI=1S/C13H24N4O/c1-5-13(4,6-7-14)17-11-8-15-9-12(16-11)18-10(2)3/h8-10H,5-7,14H2,1-4H3,(H,16,17). The summed E-state index contributed by atoms with van der Waals surface area (Å²) in [6.45, 7) is 8.84. The average molecular weight is 252 g/mol. The number of anilines is 1. The van der Waals surface area contributed by atoms with Crippen molar-refractivity contribution < 1.29 is 4.74 Å². The van der Waals surface area contributed by atoms with E-state index in [1.807, 2.05) is 13.8 Å². The Kier molecular flexibility index (Phi) is 5.34. The molecular weight excluding hydrogens is 228 g/mol. The molecule has 1 aromatic heterocycles. The number of nitrogens with zero attached hydrogens (tertiary/aromatic N) is 2. The Morgan fingerprint density at radius 2 is 2.17 bits per heavy atom. The van der Waals surface area contributed by atoms with Gasteiger partial charge in [-0.3, -0.25) is 4.98 Å². The molecule has 1 aromatic rings. The first-order valence-electron chi connectivity index (χ1n) is 6.46. The summed E-state index contributed by atoms with van der Waals surface area (Å²) in [5.41, 5.74) is 5.58. The largest absolute Gasteiger partial charge is 0.474 e. The second-order valence-corrected chi connectivity index (χ2v) is 4.99. The summed E-state index contributed by atoms with van der Waals surface area (Å²) in [5, 5.41) is 3.39. The van der Waals surface area contributed by atoms with E-state index >= 15 is 0 Å². The Bertz CT molecular complexity index is 370. The number of hydrogen-bond donors (Lipinski definition) is 2. The van der Waals surface area contributed by atoms with Crippen LogP contribution in [0.3, 0.4) is 0 Å². The summed E-state index contributed by atoms with van der Waals surface area (Å²) in [6, 6.07) is 0. The molecule has 5 nitrogen and oxygen atoms in total. The van der Waals surface area contributed by atoms with E-state index in [1.54, 1.807) is 12.4 Å². The van der Waals surface area contributed by atoms with E-state index < -0.39 is 0 Å². The van der Waals surface area contributed by atoms with E-state index in [9.17, 15) is 0 Å². The van der Waals surface area contributed by atoms with Crippen LogP contribution < -0.4 is 15.8 Å². The number of rotatable bonds is 7. The average Bonchev–Trinajstić information content (AvgIpc) is 2.28. The molecule has 5 heteroatoms. The van der Waals surface area contributed by atoms with Crippen LogP contribution in [-0.4, -0.2) is 28.2 Å². The maximum atomic E-state index is 5.64. The van der Waals surface area contributed by atoms with Crippen LogP contribution in [0.1, 0.15) is 40.5 Å². The van der Waals surface area contributed by atoms with Gasteiger partial charge in [-0.2, -0.15) is 4.98 Å². The van der Waals surface area contributed by atoms with Crippen LogP contribution in [0.2, 0.25) is 0 Å². The van der Waals surface area contributed by atoms with Crippen molar-refractivity contribution in [2.24, 2.45) is 5.73 Å². The van der Waals surface area contributed by atoms with Crippen LogP contribution in [0.5, 0.6) is 5.88 Å². The second-order valence-electron chi connectivity index (χ2n) is 4.99. The second kappa shape index (κ2) is 6.54. The Morgan fingerprint density at radius 3 is 2.72 bits per heavy atom. The summed E-state index contributed by atoms with van der Waals surface area (Å²) >= 11 is 0. The third kappa shape index (κ3) is 4.49. The molecule has 0 amide bonds. The van der Waals surface area contributed by atoms with Gasteiger partial charge in [0.05, 0.1) is 18.5 Å². The zero-order chi connectivity index (χ0) is 13.6. The van der Waals surface area contributed by atoms with Gasteiger partial charge in [-0.15, -0.1) is 0 Å². The van der Waals surface area contributed by atoms with Crippen molar-refractivity contribution in [3.63, 3.8) is 0 Å². The zero-order valence-electron chi connectivity index (χ0n) is 11.7. The minimum Gasteiger partial charge on any atom is -0.474 e. The van der Waals surface area contributed by atoms with Crippen LogP contribution in [0.4, 0.5) is 5.82 Å². The maximum Gasteiger partial charge on any atom is 0.234 e. The van der Waals surface area contributed by atoms with Crippen LogP contribution in [-0.2, 0) is 0 Å². The molecule has 0 fully saturated rings. The van der Waals surface area contributed by atoms with E-state index in [4.69, 9.17) is 10.5 Å². The predicted molar refractivity (Wildman–Crippen MR) is 73.8 cm³/mol. The number of nitrogens with one attached hydrogen (secondary N) is 1. The van der Waals surface area contributed by atoms with E-state index in [0.29, 0.717) is 12.4 Å². The lowest BCUT2D eigenvalue weighted by Gasteiger charge is -2.29. The van der Waals surface area contributed by atoms with Crippen molar-refractivity contribution in [3.8, 4) is 5.88 Å². The van der Waals surface area contributed by atoms with Gasteiger partial charge in [0.25, 0.3) is 0 Å². The molecule has 18 heavy (non-hydrogen) atoms. The van der Waals surface area contributed by atoms with E-state index in [1.165, 1.54) is 0 Å². The topological polar surface area (TPSA) is 73.1 Å². The van der Waals surface area contributed by atoms with Crippen molar-refractivity contribution in [2.45, 2.75) is 52.2 Å². The Morgan fingerprint density at radius 1 is 1.44 bits per heavy atom. The van der Waals surface area contributed by atoms with Gasteiger partial charge in [-0.1, -0.05) is 6.92 Å². The van der Waals surface area contributed by atoms with Crippen LogP contribution in [0.15, 0.2) is 12.4 Å². The molecule has 1 unspecified atom stereocenters. The summed E-state index contributed by atoms with van der Waals surface area (Å²) in [4.78, 5) is 8.53. The highest BCUT2D eigenvalue weighted by Gasteiger charge is 2.21. The van der Waals surface area contributed by atoms with Gasteiger partial charge < -0.3 is 15.8 Å². The normalized spacial score (nSPS) is 14.3. The Balaban J connectivity index is 2.77. The first kappa shape index (κ1) is 14.7. The highest BCUT2D eigenvalue weighted by molar-refractivity contribution is 5.36. The molecular formula is C13H24N4O. The summed E-state index contributed by atoms with van der Waals surface area (Å²) in [7, 11) is 0. The fourth-order valence-corrected chi connectivity index (χ4v) is 1.66. The summed E-state index contributed by atoms with van der Waals surface area (Å²) < 4.78 is 5.52. The third-order valence-electron chi connectivity index (χ3n) is 2.88. The highest BCUT2D eigenvalue weighted by atomic mass is 16.5. The highest BCUT2D eigenvalue weighted by Crippen LogP contribution is 2.21. The minimum absolute atomic E-state index is 0.0557. The van der Waals surface area contributed by atoms with Crippen LogP contribution in [0.25, 0.3) is 0 Å². The predicted octanol–water partition coefficient (Wildman–Crippen LogP) is 2.19. The maximum absolute atomic E-state index is 5.64. The van der Waals surface area contributed by atoms with E-state index in [0.717, 1.165) is 18.7 Å². The summed E-state index contributed by atoms with van der Waals surface area (Å²) in [6.07, 6.45) is 5.28. The molecule has 102 valence electrons. The lowest BCUT2D eigenvalue weighted by atomic mass is 9.94. The van der Waals surface area contributed by atoms with Gasteiger partial charge in [-0.25, -0.2) is 0 Å². The molecule has 0 aliphatic carbocycles. The lowest BCUT2D eigenvalue weighted by molar-refractivity contribution is 0.232. The van der Waals surface area contributed by atoms with Gasteiger partial charge in [0.2, 0.25) is 5.88 Å². The molecule has 0 saturated heterocycles. The fraction of sp³-hybridized carbons (Fsp3) is 0.692. The molecule has 3 N–H and O–H groups in total. The van der Waals surface area contributed by atoms with Gasteiger partial charge in [-0.05, 0) is 40.2 Å². The van der Waals surface area contributed by atoms with Crippen LogP contribution in [0, 0.1) is 0 Å². The van der Waals surface area contributed by atoms with E-state index in [-0.39, 0.29) is 11.6 Å². The zero-order valence-corrected chi connectivity index (χ0v) is 11.7. The first-order chi connectivity index (χ1) is 8.49. The van der Waals surface area contributed by atoms with Crippen molar-refractivity contribution in [2.75, 3.05) is 11.9 Å². The molecule has 0 saturated carbocycles. The summed E-state index contributed by atoms with van der Waals surface area (Å²) in [5.74, 6) is 1.27. The Labute approximate surface area is 109 Å². The molecule has 0 radical (unpaired) electrons. The third-order valence-corrected chi connectivity index (χ3v) is 2.88. The van der Waals surface area contributed by atoms with Crippen molar-refractivity contribution in [1.29, 1.82) is 0 Å². The quantitative estimate of drug-likeness (QED) is 0.778. The van der Waals surface area contributed by atoms with Crippen molar-refractivity contribution >= 4 is 5.82 Å². The monoisotopic (exact) mass is 252 g/mol. The van der Waals surface area contributed by atoms with Crippen molar-refractivity contribution in [1.82, 2.24) is 9.97 Å². The van der Waals surface area contributed by atoms with Gasteiger partial charge in [0.1, 0.15) is 5.82 Å². The van der Waals surface area contributed by atoms with E-state index in [2.05, 4.69) is 29.1 Å². The minimum atomic E-state index is -0.0557. The molecule has 0 spiro atoms. The smallest absolute Gasteiger partial charge is 0.234 e. The van der Waals surface area contributed by atoms with Crippen molar-refractivity contribution in [3.05, 3.63) is 12.4 Å². The number of hydrogen-bond acceptors (Lipinski definition) is 5. The number of aromatic nitrogens is 2. The number of nitrogens with two attached hydrogens (primary N) is 1. The number of ether oxygens (including phenoxy) is 1. The SMILES string of the molecule is CCC(C)(CCN)Nc1cncc(OC(C)C)n1. The first-order valence-corrected chi connectivity index (χ1v) is 6.46. The fourth-order valence-electron chi connectivity index (χ4n) is 1.66.